The van der Waals surface area contributed by atoms with Crippen molar-refractivity contribution >= 4 is 6.03 Å². The number of nitrogens with one attached hydrogen (secondary N) is 2. The summed E-state index contributed by atoms with van der Waals surface area (Å²) >= 11 is 0. The molecule has 1 aromatic rings. The lowest BCUT2D eigenvalue weighted by Crippen LogP contribution is -2.45. The minimum Gasteiger partial charge on any atom is -0.337 e. The molecule has 0 spiro atoms. The van der Waals surface area contributed by atoms with E-state index in [4.69, 9.17) is 0 Å². The summed E-state index contributed by atoms with van der Waals surface area (Å²) in [6, 6.07) is 8.96. The predicted molar refractivity (Wildman–Crippen MR) is 85.5 cm³/mol. The van der Waals surface area contributed by atoms with Crippen molar-refractivity contribution in [1.29, 1.82) is 0 Å². The number of benzene rings is 1. The summed E-state index contributed by atoms with van der Waals surface area (Å²) in [4.78, 5) is 12.1. The van der Waals surface area contributed by atoms with Crippen LogP contribution in [0.3, 0.4) is 0 Å². The highest BCUT2D eigenvalue weighted by Crippen LogP contribution is 2.48. The van der Waals surface area contributed by atoms with Gasteiger partial charge in [0.1, 0.15) is 0 Å². The lowest BCUT2D eigenvalue weighted by Gasteiger charge is -2.24. The van der Waals surface area contributed by atoms with Gasteiger partial charge in [-0.25, -0.2) is 4.79 Å². The van der Waals surface area contributed by atoms with Crippen molar-refractivity contribution in [3.8, 4) is 0 Å². The molecule has 0 saturated heterocycles. The molecule has 3 nitrogen and oxygen atoms in total. The van der Waals surface area contributed by atoms with Crippen molar-refractivity contribution in [3.05, 3.63) is 35.4 Å². The van der Waals surface area contributed by atoms with Crippen LogP contribution < -0.4 is 10.6 Å². The molecule has 2 aliphatic carbocycles. The summed E-state index contributed by atoms with van der Waals surface area (Å²) in [6.07, 6.45) is 8.45. The molecule has 0 radical (unpaired) electrons. The Balaban J connectivity index is 1.52. The van der Waals surface area contributed by atoms with E-state index >= 15 is 0 Å². The lowest BCUT2D eigenvalue weighted by atomic mass is 9.92. The standard InChI is InChI=1S/C18H26N2O/c1-14-7-5-6-10-16(14)18(11-12-18)13-19-17(21)20-15-8-3-2-4-9-15/h5-7,10,15H,2-4,8-9,11-13H2,1H3,(H2,19,20,21). The molecule has 0 aromatic heterocycles. The van der Waals surface area contributed by atoms with Gasteiger partial charge in [-0.05, 0) is 43.7 Å². The van der Waals surface area contributed by atoms with Gasteiger partial charge in [0, 0.05) is 18.0 Å². The summed E-state index contributed by atoms with van der Waals surface area (Å²) in [5.41, 5.74) is 2.93. The monoisotopic (exact) mass is 286 g/mol. The van der Waals surface area contributed by atoms with E-state index in [1.165, 1.54) is 43.2 Å². The first-order valence-corrected chi connectivity index (χ1v) is 8.30. The Bertz CT molecular complexity index is 502. The number of urea groups is 1. The van der Waals surface area contributed by atoms with E-state index in [-0.39, 0.29) is 11.4 Å². The van der Waals surface area contributed by atoms with Crippen molar-refractivity contribution in [2.75, 3.05) is 6.54 Å². The van der Waals surface area contributed by atoms with Crippen LogP contribution in [0.4, 0.5) is 4.79 Å². The number of carbonyl (C=O) groups excluding carboxylic acids is 1. The molecule has 2 fully saturated rings. The smallest absolute Gasteiger partial charge is 0.315 e. The highest BCUT2D eigenvalue weighted by atomic mass is 16.2. The fraction of sp³-hybridized carbons (Fsp3) is 0.611. The average molecular weight is 286 g/mol. The third-order valence-corrected chi connectivity index (χ3v) is 5.10. The van der Waals surface area contributed by atoms with Gasteiger partial charge in [-0.15, -0.1) is 0 Å². The number of carbonyl (C=O) groups is 1. The van der Waals surface area contributed by atoms with E-state index in [0.29, 0.717) is 6.04 Å². The summed E-state index contributed by atoms with van der Waals surface area (Å²) in [7, 11) is 0. The van der Waals surface area contributed by atoms with Gasteiger partial charge in [0.25, 0.3) is 0 Å². The zero-order valence-electron chi connectivity index (χ0n) is 13.0. The number of hydrogen-bond acceptors (Lipinski definition) is 1. The minimum atomic E-state index is 0.0155. The van der Waals surface area contributed by atoms with Crippen LogP contribution in [0, 0.1) is 6.92 Å². The topological polar surface area (TPSA) is 41.1 Å². The zero-order chi connectivity index (χ0) is 14.7. The maximum atomic E-state index is 12.1. The maximum Gasteiger partial charge on any atom is 0.315 e. The van der Waals surface area contributed by atoms with Crippen LogP contribution in [0.5, 0.6) is 0 Å². The Morgan fingerprint density at radius 1 is 1.19 bits per heavy atom. The Hall–Kier alpha value is -1.51. The Morgan fingerprint density at radius 3 is 2.57 bits per heavy atom. The highest BCUT2D eigenvalue weighted by molar-refractivity contribution is 5.74. The SMILES string of the molecule is Cc1ccccc1C1(CNC(=O)NC2CCCCC2)CC1. The predicted octanol–water partition coefficient (Wildman–Crippen LogP) is 3.66. The zero-order valence-corrected chi connectivity index (χ0v) is 13.0. The largest absolute Gasteiger partial charge is 0.337 e. The number of hydrogen-bond donors (Lipinski definition) is 2. The molecule has 3 heteroatoms. The molecule has 0 bridgehead atoms. The van der Waals surface area contributed by atoms with Crippen molar-refractivity contribution in [2.45, 2.75) is 63.3 Å². The Kier molecular flexibility index (Phi) is 4.18. The second-order valence-corrected chi connectivity index (χ2v) is 6.76. The van der Waals surface area contributed by atoms with E-state index in [0.717, 1.165) is 19.4 Å². The van der Waals surface area contributed by atoms with Crippen LogP contribution in [0.1, 0.15) is 56.1 Å². The second-order valence-electron chi connectivity index (χ2n) is 6.76. The van der Waals surface area contributed by atoms with Crippen LogP contribution in [-0.4, -0.2) is 18.6 Å². The molecule has 0 heterocycles. The molecule has 114 valence electrons. The highest BCUT2D eigenvalue weighted by Gasteiger charge is 2.45. The molecule has 2 saturated carbocycles. The van der Waals surface area contributed by atoms with Gasteiger partial charge >= 0.3 is 6.03 Å². The first-order valence-electron chi connectivity index (χ1n) is 8.30. The lowest BCUT2D eigenvalue weighted by molar-refractivity contribution is 0.231. The van der Waals surface area contributed by atoms with Crippen molar-refractivity contribution in [3.63, 3.8) is 0 Å². The van der Waals surface area contributed by atoms with Gasteiger partial charge in [0.2, 0.25) is 0 Å². The second kappa shape index (κ2) is 6.08. The molecule has 2 amide bonds. The number of aryl methyl sites for hydroxylation is 1. The summed E-state index contributed by atoms with van der Waals surface area (Å²) in [5, 5.41) is 6.24. The quantitative estimate of drug-likeness (QED) is 0.871. The van der Waals surface area contributed by atoms with Gasteiger partial charge in [-0.3, -0.25) is 0 Å². The van der Waals surface area contributed by atoms with Gasteiger partial charge in [-0.2, -0.15) is 0 Å². The number of rotatable bonds is 4. The Labute approximate surface area is 127 Å². The third kappa shape index (κ3) is 3.39. The first-order chi connectivity index (χ1) is 10.2. The van der Waals surface area contributed by atoms with E-state index < -0.39 is 0 Å². The summed E-state index contributed by atoms with van der Waals surface area (Å²) in [5.74, 6) is 0. The average Bonchev–Trinajstić information content (AvgIpc) is 3.28. The van der Waals surface area contributed by atoms with Crippen LogP contribution in [0.15, 0.2) is 24.3 Å². The van der Waals surface area contributed by atoms with E-state index in [2.05, 4.69) is 41.8 Å². The molecule has 0 atom stereocenters. The van der Waals surface area contributed by atoms with Gasteiger partial charge in [0.05, 0.1) is 0 Å². The van der Waals surface area contributed by atoms with Gasteiger partial charge in [0.15, 0.2) is 0 Å². The van der Waals surface area contributed by atoms with E-state index in [1.807, 2.05) is 0 Å². The maximum absolute atomic E-state index is 12.1. The van der Waals surface area contributed by atoms with Crippen LogP contribution >= 0.6 is 0 Å². The fourth-order valence-corrected chi connectivity index (χ4v) is 3.59. The molecule has 1 aromatic carbocycles. The molecule has 0 unspecified atom stereocenters. The van der Waals surface area contributed by atoms with E-state index in [1.54, 1.807) is 0 Å². The van der Waals surface area contributed by atoms with Crippen molar-refractivity contribution in [1.82, 2.24) is 10.6 Å². The van der Waals surface area contributed by atoms with Crippen LogP contribution in [0.2, 0.25) is 0 Å². The third-order valence-electron chi connectivity index (χ3n) is 5.10. The summed E-state index contributed by atoms with van der Waals surface area (Å²) in [6.45, 7) is 2.92. The molecular formula is C18H26N2O. The van der Waals surface area contributed by atoms with Crippen LogP contribution in [-0.2, 0) is 5.41 Å². The van der Waals surface area contributed by atoms with Gasteiger partial charge in [-0.1, -0.05) is 43.5 Å². The van der Waals surface area contributed by atoms with E-state index in [9.17, 15) is 4.79 Å². The molecular weight excluding hydrogens is 260 g/mol. The molecule has 0 aliphatic heterocycles. The first kappa shape index (κ1) is 14.4. The molecule has 3 rings (SSSR count). The normalized spacial score (nSPS) is 20.8. The fourth-order valence-electron chi connectivity index (χ4n) is 3.59. The molecule has 2 N–H and O–H groups in total. The van der Waals surface area contributed by atoms with Gasteiger partial charge < -0.3 is 10.6 Å². The number of amides is 2. The minimum absolute atomic E-state index is 0.0155. The molecule has 2 aliphatic rings. The summed E-state index contributed by atoms with van der Waals surface area (Å²) < 4.78 is 0. The van der Waals surface area contributed by atoms with Crippen LogP contribution in [0.25, 0.3) is 0 Å². The van der Waals surface area contributed by atoms with Crippen molar-refractivity contribution < 1.29 is 4.79 Å². The molecule has 21 heavy (non-hydrogen) atoms. The van der Waals surface area contributed by atoms with Crippen molar-refractivity contribution in [2.24, 2.45) is 0 Å². The Morgan fingerprint density at radius 2 is 1.90 bits per heavy atom.